The van der Waals surface area contributed by atoms with Gasteiger partial charge in [0.1, 0.15) is 0 Å². The largest absolute Gasteiger partial charge is 0.326 e. The summed E-state index contributed by atoms with van der Waals surface area (Å²) in [7, 11) is 0. The maximum absolute atomic E-state index is 11.0. The van der Waals surface area contributed by atoms with Gasteiger partial charge in [-0.1, -0.05) is 35.9 Å². The first-order valence-corrected chi connectivity index (χ1v) is 4.94. The molecule has 2 rings (SSSR count). The highest BCUT2D eigenvalue weighted by molar-refractivity contribution is 6.01. The highest BCUT2D eigenvalue weighted by atomic mass is 16.1. The fourth-order valence-electron chi connectivity index (χ4n) is 1.70. The summed E-state index contributed by atoms with van der Waals surface area (Å²) in [4.78, 5) is 11.0. The molecule has 2 aromatic rings. The van der Waals surface area contributed by atoms with Crippen molar-refractivity contribution in [1.29, 1.82) is 0 Å². The summed E-state index contributed by atoms with van der Waals surface area (Å²) in [5, 5.41) is 5.06. The van der Waals surface area contributed by atoms with E-state index in [4.69, 9.17) is 0 Å². The van der Waals surface area contributed by atoms with E-state index < -0.39 is 0 Å². The molecule has 2 nitrogen and oxygen atoms in total. The summed E-state index contributed by atoms with van der Waals surface area (Å²) < 4.78 is 0. The van der Waals surface area contributed by atoms with Gasteiger partial charge in [-0.3, -0.25) is 4.79 Å². The molecule has 0 aliphatic heterocycles. The maximum atomic E-state index is 11.0. The number of amides is 1. The Bertz CT molecular complexity index is 517. The first kappa shape index (κ1) is 9.71. The van der Waals surface area contributed by atoms with Crippen LogP contribution in [0.5, 0.6) is 0 Å². The molecule has 1 N–H and O–H groups in total. The Morgan fingerprint density at radius 3 is 2.73 bits per heavy atom. The van der Waals surface area contributed by atoms with Crippen LogP contribution in [0, 0.1) is 6.92 Å². The molecule has 0 aromatic heterocycles. The van der Waals surface area contributed by atoms with Gasteiger partial charge >= 0.3 is 0 Å². The number of fused-ring (bicyclic) bond motifs is 1. The molecule has 0 saturated heterocycles. The van der Waals surface area contributed by atoms with Crippen molar-refractivity contribution in [3.8, 4) is 0 Å². The SMILES string of the molecule is CC(=O)Nc1cccc2cc(C)ccc12. The zero-order chi connectivity index (χ0) is 10.8. The summed E-state index contributed by atoms with van der Waals surface area (Å²) in [5.74, 6) is -0.0388. The lowest BCUT2D eigenvalue weighted by atomic mass is 10.1. The number of carbonyl (C=O) groups excluding carboxylic acids is 1. The first-order chi connectivity index (χ1) is 7.16. The number of anilines is 1. The van der Waals surface area contributed by atoms with Gasteiger partial charge in [-0.15, -0.1) is 0 Å². The Morgan fingerprint density at radius 1 is 1.20 bits per heavy atom. The molecule has 0 radical (unpaired) electrons. The van der Waals surface area contributed by atoms with Crippen LogP contribution in [0.2, 0.25) is 0 Å². The number of nitrogens with one attached hydrogen (secondary N) is 1. The molecule has 0 unspecified atom stereocenters. The number of aryl methyl sites for hydroxylation is 1. The number of rotatable bonds is 1. The molecule has 0 aliphatic carbocycles. The molecule has 15 heavy (non-hydrogen) atoms. The molecular formula is C13H13NO. The number of benzene rings is 2. The second-order valence-corrected chi connectivity index (χ2v) is 3.71. The van der Waals surface area contributed by atoms with Crippen molar-refractivity contribution in [3.63, 3.8) is 0 Å². The van der Waals surface area contributed by atoms with E-state index in [0.29, 0.717) is 0 Å². The third-order valence-corrected chi connectivity index (χ3v) is 2.35. The van der Waals surface area contributed by atoms with E-state index >= 15 is 0 Å². The molecule has 0 fully saturated rings. The third kappa shape index (κ3) is 1.99. The molecule has 1 amide bonds. The van der Waals surface area contributed by atoms with E-state index in [0.717, 1.165) is 16.5 Å². The van der Waals surface area contributed by atoms with Gasteiger partial charge in [0.2, 0.25) is 5.91 Å². The fourth-order valence-corrected chi connectivity index (χ4v) is 1.70. The molecule has 0 saturated carbocycles. The van der Waals surface area contributed by atoms with E-state index in [-0.39, 0.29) is 5.91 Å². The van der Waals surface area contributed by atoms with E-state index in [1.807, 2.05) is 30.3 Å². The van der Waals surface area contributed by atoms with Gasteiger partial charge in [-0.05, 0) is 18.4 Å². The maximum Gasteiger partial charge on any atom is 0.221 e. The van der Waals surface area contributed by atoms with Crippen molar-refractivity contribution in [2.45, 2.75) is 13.8 Å². The highest BCUT2D eigenvalue weighted by Crippen LogP contribution is 2.24. The number of hydrogen-bond acceptors (Lipinski definition) is 1. The van der Waals surface area contributed by atoms with E-state index in [1.54, 1.807) is 0 Å². The van der Waals surface area contributed by atoms with Crippen LogP contribution in [0.15, 0.2) is 36.4 Å². The van der Waals surface area contributed by atoms with Gasteiger partial charge < -0.3 is 5.32 Å². The summed E-state index contributed by atoms with van der Waals surface area (Å²) in [6, 6.07) is 12.1. The molecular weight excluding hydrogens is 186 g/mol. The summed E-state index contributed by atoms with van der Waals surface area (Å²) in [6.45, 7) is 3.58. The summed E-state index contributed by atoms with van der Waals surface area (Å²) in [6.07, 6.45) is 0. The molecule has 0 aliphatic rings. The van der Waals surface area contributed by atoms with Crippen LogP contribution >= 0.6 is 0 Å². The molecule has 2 aromatic carbocycles. The van der Waals surface area contributed by atoms with Crippen molar-refractivity contribution in [3.05, 3.63) is 42.0 Å². The van der Waals surface area contributed by atoms with Crippen LogP contribution in [-0.2, 0) is 4.79 Å². The third-order valence-electron chi connectivity index (χ3n) is 2.35. The Morgan fingerprint density at radius 2 is 2.00 bits per heavy atom. The smallest absolute Gasteiger partial charge is 0.221 e. The molecule has 2 heteroatoms. The lowest BCUT2D eigenvalue weighted by Crippen LogP contribution is -2.05. The lowest BCUT2D eigenvalue weighted by Gasteiger charge is -2.07. The molecule has 0 bridgehead atoms. The molecule has 0 spiro atoms. The Hall–Kier alpha value is -1.83. The second-order valence-electron chi connectivity index (χ2n) is 3.71. The Labute approximate surface area is 88.9 Å². The first-order valence-electron chi connectivity index (χ1n) is 4.94. The summed E-state index contributed by atoms with van der Waals surface area (Å²) in [5.41, 5.74) is 2.10. The zero-order valence-electron chi connectivity index (χ0n) is 8.87. The van der Waals surface area contributed by atoms with E-state index in [9.17, 15) is 4.79 Å². The number of carbonyl (C=O) groups is 1. The van der Waals surface area contributed by atoms with Gasteiger partial charge in [0.05, 0.1) is 0 Å². The van der Waals surface area contributed by atoms with Crippen LogP contribution in [0.25, 0.3) is 10.8 Å². The Kier molecular flexibility index (Phi) is 2.42. The monoisotopic (exact) mass is 199 g/mol. The normalized spacial score (nSPS) is 10.3. The summed E-state index contributed by atoms with van der Waals surface area (Å²) >= 11 is 0. The Balaban J connectivity index is 2.60. The average Bonchev–Trinajstić information content (AvgIpc) is 2.16. The van der Waals surface area contributed by atoms with Gasteiger partial charge in [0.25, 0.3) is 0 Å². The predicted molar refractivity (Wildman–Crippen MR) is 63.0 cm³/mol. The number of hydrogen-bond donors (Lipinski definition) is 1. The fraction of sp³-hybridized carbons (Fsp3) is 0.154. The van der Waals surface area contributed by atoms with E-state index in [2.05, 4.69) is 18.3 Å². The highest BCUT2D eigenvalue weighted by Gasteiger charge is 2.01. The topological polar surface area (TPSA) is 29.1 Å². The minimum atomic E-state index is -0.0388. The van der Waals surface area contributed by atoms with Crippen molar-refractivity contribution >= 4 is 22.4 Å². The quantitative estimate of drug-likeness (QED) is 0.751. The van der Waals surface area contributed by atoms with Crippen LogP contribution in [-0.4, -0.2) is 5.91 Å². The second kappa shape index (κ2) is 3.73. The molecule has 76 valence electrons. The van der Waals surface area contributed by atoms with Gasteiger partial charge in [-0.2, -0.15) is 0 Å². The van der Waals surface area contributed by atoms with Gasteiger partial charge in [0.15, 0.2) is 0 Å². The van der Waals surface area contributed by atoms with Crippen molar-refractivity contribution in [1.82, 2.24) is 0 Å². The van der Waals surface area contributed by atoms with Gasteiger partial charge in [-0.25, -0.2) is 0 Å². The minimum Gasteiger partial charge on any atom is -0.326 e. The van der Waals surface area contributed by atoms with Crippen LogP contribution in [0.4, 0.5) is 5.69 Å². The predicted octanol–water partition coefficient (Wildman–Crippen LogP) is 3.11. The average molecular weight is 199 g/mol. The zero-order valence-corrected chi connectivity index (χ0v) is 8.87. The van der Waals surface area contributed by atoms with Crippen LogP contribution < -0.4 is 5.32 Å². The standard InChI is InChI=1S/C13H13NO/c1-9-6-7-12-11(8-9)4-3-5-13(12)14-10(2)15/h3-8H,1-2H3,(H,14,15). The molecule has 0 atom stereocenters. The van der Waals surface area contributed by atoms with Crippen LogP contribution in [0.1, 0.15) is 12.5 Å². The van der Waals surface area contributed by atoms with Crippen molar-refractivity contribution < 1.29 is 4.79 Å². The van der Waals surface area contributed by atoms with Crippen molar-refractivity contribution in [2.24, 2.45) is 0 Å². The minimum absolute atomic E-state index is 0.0388. The van der Waals surface area contributed by atoms with Crippen molar-refractivity contribution in [2.75, 3.05) is 5.32 Å². The van der Waals surface area contributed by atoms with E-state index in [1.165, 1.54) is 12.5 Å². The van der Waals surface area contributed by atoms with Crippen LogP contribution in [0.3, 0.4) is 0 Å². The molecule has 0 heterocycles. The lowest BCUT2D eigenvalue weighted by molar-refractivity contribution is -0.114. The van der Waals surface area contributed by atoms with Gasteiger partial charge in [0, 0.05) is 18.0 Å².